The minimum atomic E-state index is -0.169. The first-order valence-corrected chi connectivity index (χ1v) is 13.9. The summed E-state index contributed by atoms with van der Waals surface area (Å²) in [6.45, 7) is 5.47. The normalized spacial score (nSPS) is 14.8. The van der Waals surface area contributed by atoms with Crippen LogP contribution in [0, 0.1) is 6.92 Å². The summed E-state index contributed by atoms with van der Waals surface area (Å²) in [4.78, 5) is 17.8. The molecule has 2 heterocycles. The van der Waals surface area contributed by atoms with Gasteiger partial charge in [0.05, 0.1) is 24.8 Å². The molecule has 0 saturated carbocycles. The summed E-state index contributed by atoms with van der Waals surface area (Å²) in [5.74, 6) is 1.18. The Hall–Kier alpha value is -3.36. The van der Waals surface area contributed by atoms with Gasteiger partial charge in [-0.3, -0.25) is 9.69 Å². The first kappa shape index (κ1) is 28.2. The molecule has 9 heteroatoms. The number of methoxy groups -OCH3 is 1. The van der Waals surface area contributed by atoms with Crippen molar-refractivity contribution in [3.63, 3.8) is 0 Å². The molecule has 1 atom stereocenters. The predicted octanol–water partition coefficient (Wildman–Crippen LogP) is 6.68. The molecule has 0 aliphatic carbocycles. The fraction of sp³-hybridized carbons (Fsp3) is 0.290. The molecular weight excluding hydrogens is 549 g/mol. The minimum absolute atomic E-state index is 0.100. The van der Waals surface area contributed by atoms with E-state index in [1.165, 1.54) is 0 Å². The number of piperazine rings is 1. The molecule has 0 bridgehead atoms. The van der Waals surface area contributed by atoms with Gasteiger partial charge in [-0.25, -0.2) is 0 Å². The van der Waals surface area contributed by atoms with Crippen molar-refractivity contribution in [2.24, 2.45) is 0 Å². The van der Waals surface area contributed by atoms with Crippen LogP contribution in [0.15, 0.2) is 77.3 Å². The Morgan fingerprint density at radius 2 is 1.75 bits per heavy atom. The Bertz CT molecular complexity index is 1450. The van der Waals surface area contributed by atoms with Crippen molar-refractivity contribution in [1.29, 1.82) is 0 Å². The molecule has 40 heavy (non-hydrogen) atoms. The highest BCUT2D eigenvalue weighted by molar-refractivity contribution is 6.33. The monoisotopic (exact) mass is 579 g/mol. The number of carbonyl (C=O) groups is 1. The summed E-state index contributed by atoms with van der Waals surface area (Å²) in [6.07, 6.45) is -0.169. The summed E-state index contributed by atoms with van der Waals surface area (Å²) < 4.78 is 17.2. The number of benzene rings is 3. The van der Waals surface area contributed by atoms with Crippen LogP contribution >= 0.6 is 23.2 Å². The van der Waals surface area contributed by atoms with E-state index in [-0.39, 0.29) is 12.0 Å². The average molecular weight is 581 g/mol. The van der Waals surface area contributed by atoms with E-state index in [4.69, 9.17) is 37.2 Å². The molecule has 1 aliphatic heterocycles. The number of ether oxygens (including phenoxy) is 2. The van der Waals surface area contributed by atoms with Crippen LogP contribution in [0.1, 0.15) is 33.3 Å². The third-order valence-corrected chi connectivity index (χ3v) is 7.70. The van der Waals surface area contributed by atoms with Gasteiger partial charge < -0.3 is 18.9 Å². The third-order valence-electron chi connectivity index (χ3n) is 7.12. The lowest BCUT2D eigenvalue weighted by Gasteiger charge is -2.36. The molecule has 1 fully saturated rings. The van der Waals surface area contributed by atoms with Crippen LogP contribution < -0.4 is 4.74 Å². The third kappa shape index (κ3) is 6.50. The maximum absolute atomic E-state index is 13.6. The van der Waals surface area contributed by atoms with Gasteiger partial charge in [-0.1, -0.05) is 70.8 Å². The van der Waals surface area contributed by atoms with Crippen molar-refractivity contribution in [1.82, 2.24) is 15.0 Å². The molecule has 1 saturated heterocycles. The Balaban J connectivity index is 1.26. The second-order valence-corrected chi connectivity index (χ2v) is 10.6. The summed E-state index contributed by atoms with van der Waals surface area (Å²) in [7, 11) is 1.66. The van der Waals surface area contributed by atoms with Crippen LogP contribution in [0.4, 0.5) is 0 Å². The van der Waals surface area contributed by atoms with Gasteiger partial charge in [0.1, 0.15) is 22.8 Å². The van der Waals surface area contributed by atoms with Crippen LogP contribution in [0.25, 0.3) is 11.3 Å². The van der Waals surface area contributed by atoms with Gasteiger partial charge in [-0.2, -0.15) is 0 Å². The van der Waals surface area contributed by atoms with E-state index in [2.05, 4.69) is 10.1 Å². The van der Waals surface area contributed by atoms with Crippen LogP contribution in [0.2, 0.25) is 10.0 Å². The Morgan fingerprint density at radius 1 is 1.00 bits per heavy atom. The van der Waals surface area contributed by atoms with Crippen LogP contribution in [0.3, 0.4) is 0 Å². The number of hydrogen-bond donors (Lipinski definition) is 0. The smallest absolute Gasteiger partial charge is 0.259 e. The highest BCUT2D eigenvalue weighted by Crippen LogP contribution is 2.32. The molecule has 7 nitrogen and oxygen atoms in total. The van der Waals surface area contributed by atoms with Gasteiger partial charge in [-0.05, 0) is 48.4 Å². The van der Waals surface area contributed by atoms with Gasteiger partial charge in [0, 0.05) is 43.3 Å². The second kappa shape index (κ2) is 12.9. The lowest BCUT2D eigenvalue weighted by atomic mass is 10.0. The molecule has 3 aromatic carbocycles. The molecule has 1 amide bonds. The van der Waals surface area contributed by atoms with Crippen molar-refractivity contribution < 1.29 is 18.8 Å². The van der Waals surface area contributed by atoms with Gasteiger partial charge in [-0.15, -0.1) is 0 Å². The summed E-state index contributed by atoms with van der Waals surface area (Å²) in [5, 5.41) is 5.37. The molecule has 208 valence electrons. The molecule has 1 aromatic heterocycles. The topological polar surface area (TPSA) is 68.0 Å². The van der Waals surface area contributed by atoms with Crippen molar-refractivity contribution >= 4 is 29.1 Å². The van der Waals surface area contributed by atoms with Crippen LogP contribution in [0.5, 0.6) is 5.75 Å². The number of aryl methyl sites for hydroxylation is 1. The van der Waals surface area contributed by atoms with E-state index in [1.54, 1.807) is 20.1 Å². The first-order valence-electron chi connectivity index (χ1n) is 13.2. The van der Waals surface area contributed by atoms with E-state index < -0.39 is 0 Å². The molecule has 0 spiro atoms. The number of halogens is 2. The van der Waals surface area contributed by atoms with Crippen molar-refractivity contribution in [2.45, 2.75) is 19.6 Å². The molecule has 0 N–H and O–H groups in total. The SMILES string of the molecule is COc1cccc(CO[C@H](CN2CCN(C(=O)c3c(-c4ccccc4Cl)noc3C)CC2)c2ccc(Cl)cc2)c1. The molecule has 1 aliphatic rings. The zero-order valence-corrected chi connectivity index (χ0v) is 24.0. The molecule has 4 aromatic rings. The van der Waals surface area contributed by atoms with Crippen molar-refractivity contribution in [2.75, 3.05) is 39.8 Å². The lowest BCUT2D eigenvalue weighted by Crippen LogP contribution is -2.49. The van der Waals surface area contributed by atoms with Gasteiger partial charge in [0.15, 0.2) is 0 Å². The van der Waals surface area contributed by atoms with Gasteiger partial charge in [0.25, 0.3) is 5.91 Å². The van der Waals surface area contributed by atoms with E-state index >= 15 is 0 Å². The molecular formula is C31H31Cl2N3O4. The van der Waals surface area contributed by atoms with Gasteiger partial charge >= 0.3 is 0 Å². The Labute approximate surface area is 244 Å². The molecule has 0 radical (unpaired) electrons. The van der Waals surface area contributed by atoms with Gasteiger partial charge in [0.2, 0.25) is 0 Å². The maximum Gasteiger partial charge on any atom is 0.259 e. The number of amides is 1. The fourth-order valence-corrected chi connectivity index (χ4v) is 5.23. The van der Waals surface area contributed by atoms with Crippen LogP contribution in [-0.2, 0) is 11.3 Å². The lowest BCUT2D eigenvalue weighted by molar-refractivity contribution is 0.00337. The Kier molecular flexibility index (Phi) is 9.07. The largest absolute Gasteiger partial charge is 0.497 e. The first-order chi connectivity index (χ1) is 19.4. The molecule has 0 unspecified atom stereocenters. The minimum Gasteiger partial charge on any atom is -0.497 e. The van der Waals surface area contributed by atoms with E-state index in [1.807, 2.05) is 71.6 Å². The van der Waals surface area contributed by atoms with E-state index in [0.717, 1.165) is 16.9 Å². The summed E-state index contributed by atoms with van der Waals surface area (Å²) in [5.41, 5.74) is 3.70. The number of hydrogen-bond acceptors (Lipinski definition) is 6. The molecule has 5 rings (SSSR count). The summed E-state index contributed by atoms with van der Waals surface area (Å²) in [6, 6.07) is 23.0. The quantitative estimate of drug-likeness (QED) is 0.220. The summed E-state index contributed by atoms with van der Waals surface area (Å²) >= 11 is 12.5. The maximum atomic E-state index is 13.6. The number of nitrogens with zero attached hydrogens (tertiary/aromatic N) is 3. The zero-order valence-electron chi connectivity index (χ0n) is 22.5. The zero-order chi connectivity index (χ0) is 28.1. The van der Waals surface area contributed by atoms with E-state index in [0.29, 0.717) is 72.0 Å². The Morgan fingerprint density at radius 3 is 2.48 bits per heavy atom. The predicted molar refractivity (Wildman–Crippen MR) is 156 cm³/mol. The number of rotatable bonds is 9. The van der Waals surface area contributed by atoms with Crippen molar-refractivity contribution in [3.8, 4) is 17.0 Å². The number of carbonyl (C=O) groups excluding carboxylic acids is 1. The average Bonchev–Trinajstić information content (AvgIpc) is 3.36. The second-order valence-electron chi connectivity index (χ2n) is 9.74. The van der Waals surface area contributed by atoms with E-state index in [9.17, 15) is 4.79 Å². The highest BCUT2D eigenvalue weighted by Gasteiger charge is 2.30. The standard InChI is InChI=1S/C31H31Cl2N3O4/c1-21-29(30(34-40-21)26-8-3-4-9-27(26)33)31(37)36-16-14-35(15-17-36)19-28(23-10-12-24(32)13-11-23)39-20-22-6-5-7-25(18-22)38-2/h3-13,18,28H,14-17,19-20H2,1-2H3/t28-/m1/s1. The highest BCUT2D eigenvalue weighted by atomic mass is 35.5. The number of aromatic nitrogens is 1. The van der Waals surface area contributed by atoms with Crippen molar-refractivity contribution in [3.05, 3.63) is 105 Å². The van der Waals surface area contributed by atoms with Crippen LogP contribution in [-0.4, -0.2) is 60.7 Å². The fourth-order valence-electron chi connectivity index (χ4n) is 4.88.